The maximum absolute atomic E-state index is 12.4. The van der Waals surface area contributed by atoms with E-state index in [4.69, 9.17) is 0 Å². The molecule has 0 saturated heterocycles. The van der Waals surface area contributed by atoms with Gasteiger partial charge in [-0.25, -0.2) is 0 Å². The van der Waals surface area contributed by atoms with Crippen LogP contribution >= 0.6 is 0 Å². The summed E-state index contributed by atoms with van der Waals surface area (Å²) in [5.74, 6) is 0. The fourth-order valence-electron chi connectivity index (χ4n) is 1.77. The van der Waals surface area contributed by atoms with Gasteiger partial charge < -0.3 is 9.45 Å². The highest BCUT2D eigenvalue weighted by Gasteiger charge is 2.30. The molecule has 21 heavy (non-hydrogen) atoms. The molecule has 2 atom stereocenters. The second-order valence-corrected chi connectivity index (χ2v) is 8.49. The Morgan fingerprint density at radius 2 is 2.05 bits per heavy atom. The van der Waals surface area contributed by atoms with Crippen LogP contribution in [0.15, 0.2) is 18.3 Å². The van der Waals surface area contributed by atoms with Crippen molar-refractivity contribution in [2.24, 2.45) is 0 Å². The highest BCUT2D eigenvalue weighted by Crippen LogP contribution is 2.21. The number of nitrogens with one attached hydrogen (secondary N) is 1. The van der Waals surface area contributed by atoms with E-state index >= 15 is 0 Å². The molecule has 0 aliphatic rings. The zero-order chi connectivity index (χ0) is 16.0. The first kappa shape index (κ1) is 18.4. The summed E-state index contributed by atoms with van der Waals surface area (Å²) in [5, 5.41) is 0. The van der Waals surface area contributed by atoms with Gasteiger partial charge in [0.1, 0.15) is 4.75 Å². The van der Waals surface area contributed by atoms with Crippen molar-refractivity contribution in [3.63, 3.8) is 0 Å². The zero-order valence-electron chi connectivity index (χ0n) is 14.1. The van der Waals surface area contributed by atoms with Gasteiger partial charge in [0.05, 0.1) is 11.7 Å². The summed E-state index contributed by atoms with van der Waals surface area (Å²) < 4.78 is 15.4. The lowest BCUT2D eigenvalue weighted by molar-refractivity contribution is 0.328. The highest BCUT2D eigenvalue weighted by atomic mass is 32.2. The molecule has 1 aromatic heterocycles. The second-order valence-electron chi connectivity index (χ2n) is 6.50. The second kappa shape index (κ2) is 8.13. The van der Waals surface area contributed by atoms with Crippen molar-refractivity contribution >= 4 is 11.4 Å². The molecular formula is C16H29N3OS. The third kappa shape index (κ3) is 6.34. The number of pyridine rings is 1. The molecule has 1 N–H and O–H groups in total. The number of rotatable bonds is 7. The van der Waals surface area contributed by atoms with E-state index in [1.165, 1.54) is 0 Å². The molecule has 0 aliphatic heterocycles. The van der Waals surface area contributed by atoms with E-state index < -0.39 is 11.4 Å². The number of hydrogen-bond donors (Lipinski definition) is 1. The van der Waals surface area contributed by atoms with Crippen molar-refractivity contribution in [1.82, 2.24) is 14.6 Å². The Balaban J connectivity index is 2.81. The number of hydrogen-bond acceptors (Lipinski definition) is 4. The Kier molecular flexibility index (Phi) is 7.13. The average molecular weight is 311 g/mol. The standard InChI is InChI=1S/C16H29N3OS/c1-7-19(6)11-10-15(18-21(20)16(3,4)5)14-9-8-13(2)12-17-14/h8-9,12,15,18H,7,10-11H2,1-6H3. The molecule has 2 unspecified atom stereocenters. The smallest absolute Gasteiger partial charge is 0.136 e. The third-order valence-electron chi connectivity index (χ3n) is 3.44. The first-order chi connectivity index (χ1) is 9.74. The van der Waals surface area contributed by atoms with Gasteiger partial charge in [0.15, 0.2) is 0 Å². The van der Waals surface area contributed by atoms with Crippen LogP contribution in [0.1, 0.15) is 51.4 Å². The van der Waals surface area contributed by atoms with Crippen molar-refractivity contribution in [2.75, 3.05) is 20.1 Å². The molecule has 0 aromatic carbocycles. The van der Waals surface area contributed by atoms with E-state index in [-0.39, 0.29) is 10.8 Å². The molecule has 0 aliphatic carbocycles. The van der Waals surface area contributed by atoms with Crippen LogP contribution in [0.2, 0.25) is 0 Å². The zero-order valence-corrected chi connectivity index (χ0v) is 15.0. The molecule has 4 nitrogen and oxygen atoms in total. The first-order valence-electron chi connectivity index (χ1n) is 7.53. The summed E-state index contributed by atoms with van der Waals surface area (Å²) in [4.78, 5) is 6.75. The maximum atomic E-state index is 12.4. The Hall–Kier alpha value is -0.620. The van der Waals surface area contributed by atoms with E-state index in [2.05, 4.69) is 34.6 Å². The predicted octanol–water partition coefficient (Wildman–Crippen LogP) is 2.82. The van der Waals surface area contributed by atoms with Gasteiger partial charge in [-0.15, -0.1) is 4.72 Å². The van der Waals surface area contributed by atoms with Crippen molar-refractivity contribution in [2.45, 2.75) is 51.8 Å². The fourth-order valence-corrected chi connectivity index (χ4v) is 2.62. The van der Waals surface area contributed by atoms with Gasteiger partial charge in [-0.3, -0.25) is 4.98 Å². The van der Waals surface area contributed by atoms with Gasteiger partial charge in [-0.05, 0) is 65.9 Å². The lowest BCUT2D eigenvalue weighted by Crippen LogP contribution is -2.42. The number of aryl methyl sites for hydroxylation is 1. The average Bonchev–Trinajstić information content (AvgIpc) is 2.42. The van der Waals surface area contributed by atoms with Crippen molar-refractivity contribution in [3.8, 4) is 0 Å². The maximum Gasteiger partial charge on any atom is 0.136 e. The van der Waals surface area contributed by atoms with E-state index in [1.54, 1.807) is 0 Å². The van der Waals surface area contributed by atoms with Gasteiger partial charge in [0.25, 0.3) is 0 Å². The van der Waals surface area contributed by atoms with Crippen LogP contribution in [0.4, 0.5) is 0 Å². The van der Waals surface area contributed by atoms with Gasteiger partial charge in [-0.2, -0.15) is 0 Å². The molecule has 0 bridgehead atoms. The Morgan fingerprint density at radius 1 is 1.38 bits per heavy atom. The summed E-state index contributed by atoms with van der Waals surface area (Å²) >= 11 is -1.10. The van der Waals surface area contributed by atoms with Crippen molar-refractivity contribution in [3.05, 3.63) is 29.6 Å². The Morgan fingerprint density at radius 3 is 2.52 bits per heavy atom. The lowest BCUT2D eigenvalue weighted by Gasteiger charge is -2.28. The van der Waals surface area contributed by atoms with Crippen molar-refractivity contribution < 1.29 is 4.55 Å². The topological polar surface area (TPSA) is 51.2 Å². The molecule has 1 heterocycles. The van der Waals surface area contributed by atoms with Gasteiger partial charge >= 0.3 is 0 Å². The van der Waals surface area contributed by atoms with Crippen LogP contribution < -0.4 is 4.72 Å². The SMILES string of the molecule is CCN(C)CCC(N[S+]([O-])C(C)(C)C)c1ccc(C)cn1. The monoisotopic (exact) mass is 311 g/mol. The quantitative estimate of drug-likeness (QED) is 0.787. The summed E-state index contributed by atoms with van der Waals surface area (Å²) in [6.45, 7) is 12.1. The highest BCUT2D eigenvalue weighted by molar-refractivity contribution is 7.90. The third-order valence-corrected chi connectivity index (χ3v) is 5.05. The van der Waals surface area contributed by atoms with Crippen molar-refractivity contribution in [1.29, 1.82) is 0 Å². The van der Waals surface area contributed by atoms with E-state index in [0.29, 0.717) is 0 Å². The van der Waals surface area contributed by atoms with Crippen LogP contribution in [0.3, 0.4) is 0 Å². The van der Waals surface area contributed by atoms with E-state index in [1.807, 2.05) is 40.0 Å². The molecule has 0 amide bonds. The molecule has 0 spiro atoms. The van der Waals surface area contributed by atoms with E-state index in [9.17, 15) is 4.55 Å². The van der Waals surface area contributed by atoms with Gasteiger partial charge in [0.2, 0.25) is 0 Å². The number of nitrogens with zero attached hydrogens (tertiary/aromatic N) is 2. The van der Waals surface area contributed by atoms with Crippen LogP contribution in [0.5, 0.6) is 0 Å². The summed E-state index contributed by atoms with van der Waals surface area (Å²) in [7, 11) is 2.10. The minimum atomic E-state index is -1.10. The molecular weight excluding hydrogens is 282 g/mol. The Bertz CT molecular complexity index is 417. The van der Waals surface area contributed by atoms with Crippen LogP contribution in [0, 0.1) is 6.92 Å². The summed E-state index contributed by atoms with van der Waals surface area (Å²) in [5.41, 5.74) is 2.10. The lowest BCUT2D eigenvalue weighted by atomic mass is 10.1. The molecule has 120 valence electrons. The molecule has 1 aromatic rings. The fraction of sp³-hybridized carbons (Fsp3) is 0.688. The molecule has 0 radical (unpaired) electrons. The first-order valence-corrected chi connectivity index (χ1v) is 8.68. The molecule has 0 saturated carbocycles. The van der Waals surface area contributed by atoms with Crippen LogP contribution in [-0.4, -0.2) is 39.3 Å². The Labute approximate surface area is 132 Å². The van der Waals surface area contributed by atoms with Crippen LogP contribution in [0.25, 0.3) is 0 Å². The summed E-state index contributed by atoms with van der Waals surface area (Å²) in [6.07, 6.45) is 2.76. The number of aromatic nitrogens is 1. The minimum absolute atomic E-state index is 0.0136. The van der Waals surface area contributed by atoms with Gasteiger partial charge in [-0.1, -0.05) is 13.0 Å². The van der Waals surface area contributed by atoms with Gasteiger partial charge in [0, 0.05) is 17.6 Å². The predicted molar refractivity (Wildman–Crippen MR) is 90.5 cm³/mol. The minimum Gasteiger partial charge on any atom is -0.598 e. The van der Waals surface area contributed by atoms with Crippen LogP contribution in [-0.2, 0) is 11.4 Å². The largest absolute Gasteiger partial charge is 0.598 e. The molecule has 5 heteroatoms. The summed E-state index contributed by atoms with van der Waals surface area (Å²) in [6, 6.07) is 4.10. The molecule has 1 rings (SSSR count). The normalized spacial score (nSPS) is 15.2. The molecule has 0 fully saturated rings. The van der Waals surface area contributed by atoms with E-state index in [0.717, 1.165) is 30.8 Å².